The summed E-state index contributed by atoms with van der Waals surface area (Å²) < 4.78 is 0. The molecule has 2 rings (SSSR count). The molecule has 0 aliphatic carbocycles. The van der Waals surface area contributed by atoms with Crippen LogP contribution in [-0.2, 0) is 10.5 Å². The Morgan fingerprint density at radius 2 is 0.900 bits per heavy atom. The Labute approximate surface area is 142 Å². The van der Waals surface area contributed by atoms with Crippen LogP contribution in [0.4, 0.5) is 0 Å². The van der Waals surface area contributed by atoms with E-state index < -0.39 is 0 Å². The minimum Gasteiger partial charge on any atom is 0 e. The minimum absolute atomic E-state index is 0. The predicted molar refractivity (Wildman–Crippen MR) is 90.7 cm³/mol. The number of benzene rings is 2. The van der Waals surface area contributed by atoms with Gasteiger partial charge in [0.15, 0.2) is 0 Å². The van der Waals surface area contributed by atoms with Gasteiger partial charge in [-0.1, -0.05) is 0 Å². The second-order valence-corrected chi connectivity index (χ2v) is 8.13. The van der Waals surface area contributed by atoms with E-state index in [1.807, 2.05) is 0 Å². The molecular weight excluding hydrogens is 296 g/mol. The average molecular weight is 318 g/mol. The minimum atomic E-state index is 0. The van der Waals surface area contributed by atoms with Crippen LogP contribution in [0.25, 0.3) is 0 Å². The number of hydrogen-bond acceptors (Lipinski definition) is 0. The molecule has 0 heterocycles. The van der Waals surface area contributed by atoms with E-state index >= 15 is 0 Å². The maximum absolute atomic E-state index is 2.35. The van der Waals surface area contributed by atoms with Crippen molar-refractivity contribution in [3.05, 3.63) is 69.8 Å². The van der Waals surface area contributed by atoms with E-state index in [4.69, 9.17) is 0 Å². The van der Waals surface area contributed by atoms with Gasteiger partial charge in [0, 0.05) is 18.9 Å². The number of rotatable bonds is 4. The van der Waals surface area contributed by atoms with Crippen molar-refractivity contribution in [1.82, 2.24) is 0 Å². The summed E-state index contributed by atoms with van der Waals surface area (Å²) in [5, 5.41) is 2.60. The van der Waals surface area contributed by atoms with Crippen LogP contribution in [0.2, 0.25) is 0 Å². The molecule has 20 heavy (non-hydrogen) atoms. The van der Waals surface area contributed by atoms with E-state index in [-0.39, 0.29) is 34.3 Å². The zero-order valence-corrected chi connectivity index (χ0v) is 15.5. The molecular formula is C18H22GeLi. The summed E-state index contributed by atoms with van der Waals surface area (Å²) in [6.07, 6.45) is 0. The number of aryl methyl sites for hydroxylation is 4. The van der Waals surface area contributed by atoms with Gasteiger partial charge in [0.25, 0.3) is 0 Å². The fraction of sp³-hybridized carbons (Fsp3) is 0.333. The molecule has 0 N–H and O–H groups in total. The molecule has 0 aliphatic heterocycles. The molecule has 2 aromatic rings. The van der Waals surface area contributed by atoms with Crippen molar-refractivity contribution in [1.29, 1.82) is 0 Å². The van der Waals surface area contributed by atoms with Gasteiger partial charge < -0.3 is 0 Å². The van der Waals surface area contributed by atoms with Crippen molar-refractivity contribution in [3.8, 4) is 0 Å². The Bertz CT molecular complexity index is 484. The van der Waals surface area contributed by atoms with Crippen LogP contribution >= 0.6 is 0 Å². The maximum atomic E-state index is 2.35. The van der Waals surface area contributed by atoms with Crippen LogP contribution in [0.15, 0.2) is 36.4 Å². The van der Waals surface area contributed by atoms with Crippen molar-refractivity contribution in [2.24, 2.45) is 0 Å². The first-order valence-electron chi connectivity index (χ1n) is 6.88. The molecule has 0 bridgehead atoms. The van der Waals surface area contributed by atoms with Crippen molar-refractivity contribution in [2.75, 3.05) is 0 Å². The number of hydrogen-bond donors (Lipinski definition) is 0. The van der Waals surface area contributed by atoms with Crippen molar-refractivity contribution in [3.63, 3.8) is 0 Å². The third kappa shape index (κ3) is 5.52. The predicted octanol–water partition coefficient (Wildman–Crippen LogP) is 3.94. The van der Waals surface area contributed by atoms with E-state index in [0.717, 1.165) is 0 Å². The van der Waals surface area contributed by atoms with Gasteiger partial charge in [0.05, 0.1) is 0 Å². The largest absolute Gasteiger partial charge is 0 e. The smallest absolute Gasteiger partial charge is 0 e. The summed E-state index contributed by atoms with van der Waals surface area (Å²) in [7, 11) is 0. The Morgan fingerprint density at radius 1 is 0.600 bits per heavy atom. The first-order chi connectivity index (χ1) is 9.02. The fourth-order valence-electron chi connectivity index (χ4n) is 2.69. The Morgan fingerprint density at radius 3 is 1.20 bits per heavy atom. The first kappa shape index (κ1) is 17.6. The molecule has 0 saturated heterocycles. The molecule has 0 fully saturated rings. The van der Waals surface area contributed by atoms with Gasteiger partial charge in [0.2, 0.25) is 0 Å². The van der Waals surface area contributed by atoms with Crippen LogP contribution in [0.3, 0.4) is 0 Å². The molecule has 0 aromatic heterocycles. The van der Waals surface area contributed by atoms with Crippen LogP contribution < -0.4 is 0 Å². The Kier molecular flexibility index (Phi) is 7.17. The Balaban J connectivity index is 0.00000200. The molecule has 3 radical (unpaired) electrons. The van der Waals surface area contributed by atoms with Gasteiger partial charge in [-0.25, -0.2) is 0 Å². The second-order valence-electron chi connectivity index (χ2n) is 5.60. The summed E-state index contributed by atoms with van der Waals surface area (Å²) in [4.78, 5) is 0. The monoisotopic (exact) mass is 319 g/mol. The SMILES string of the molecule is Cc1cc(C)cc([CH2][Ge][CH2]c2cc(C)cc(C)c2)c1.[Li]. The molecule has 2 aromatic carbocycles. The average Bonchev–Trinajstić information content (AvgIpc) is 2.26. The van der Waals surface area contributed by atoms with Crippen molar-refractivity contribution in [2.45, 2.75) is 38.2 Å². The zero-order valence-electron chi connectivity index (χ0n) is 13.4. The van der Waals surface area contributed by atoms with E-state index in [1.165, 1.54) is 43.9 Å². The molecule has 0 aliphatic rings. The molecule has 2 heteroatoms. The van der Waals surface area contributed by atoms with E-state index in [1.54, 1.807) is 0 Å². The second kappa shape index (κ2) is 8.13. The molecule has 0 nitrogen and oxygen atoms in total. The van der Waals surface area contributed by atoms with Gasteiger partial charge in [-0.15, -0.1) is 0 Å². The zero-order chi connectivity index (χ0) is 13.8. The topological polar surface area (TPSA) is 0 Å². The van der Waals surface area contributed by atoms with Crippen molar-refractivity contribution < 1.29 is 0 Å². The van der Waals surface area contributed by atoms with E-state index in [9.17, 15) is 0 Å². The van der Waals surface area contributed by atoms with Crippen molar-refractivity contribution >= 4 is 34.3 Å². The fourth-order valence-corrected chi connectivity index (χ4v) is 5.02. The molecule has 0 unspecified atom stereocenters. The first-order valence-corrected chi connectivity index (χ1v) is 9.85. The van der Waals surface area contributed by atoms with Gasteiger partial charge >= 0.3 is 123 Å². The van der Waals surface area contributed by atoms with Crippen LogP contribution in [0.1, 0.15) is 33.4 Å². The third-order valence-corrected chi connectivity index (χ3v) is 5.98. The standard InChI is InChI=1S/C18H22Ge.Li/c1-13-5-14(2)8-17(7-13)11-19-12-18-9-15(3)6-16(4)10-18;/h5-10H,11-12H2,1-4H3;. The third-order valence-electron chi connectivity index (χ3n) is 3.22. The molecule has 0 atom stereocenters. The molecule has 99 valence electrons. The summed E-state index contributed by atoms with van der Waals surface area (Å²) in [5.74, 6) is 0. The summed E-state index contributed by atoms with van der Waals surface area (Å²) in [6.45, 7) is 8.78. The summed E-state index contributed by atoms with van der Waals surface area (Å²) >= 11 is 0.0785. The van der Waals surface area contributed by atoms with Crippen LogP contribution in [0.5, 0.6) is 0 Å². The normalized spacial score (nSPS) is 10.2. The molecule has 0 amide bonds. The van der Waals surface area contributed by atoms with Gasteiger partial charge in [-0.3, -0.25) is 0 Å². The maximum Gasteiger partial charge on any atom is 0 e. The van der Waals surface area contributed by atoms with Gasteiger partial charge in [-0.05, 0) is 0 Å². The summed E-state index contributed by atoms with van der Waals surface area (Å²) in [5.41, 5.74) is 8.64. The van der Waals surface area contributed by atoms with Gasteiger partial charge in [-0.2, -0.15) is 0 Å². The van der Waals surface area contributed by atoms with E-state index in [0.29, 0.717) is 0 Å². The van der Waals surface area contributed by atoms with Crippen LogP contribution in [-0.4, -0.2) is 34.3 Å². The van der Waals surface area contributed by atoms with Gasteiger partial charge in [0.1, 0.15) is 0 Å². The van der Waals surface area contributed by atoms with Crippen LogP contribution in [0, 0.1) is 27.7 Å². The molecule has 0 saturated carbocycles. The quantitative estimate of drug-likeness (QED) is 0.749. The molecule has 0 spiro atoms. The summed E-state index contributed by atoms with van der Waals surface area (Å²) in [6, 6.07) is 13.9. The van der Waals surface area contributed by atoms with E-state index in [2.05, 4.69) is 64.1 Å². The Hall–Kier alpha value is -0.420.